The number of para-hydroxylation sites is 2. The largest absolute Gasteiger partial charge is 0.493 e. The Morgan fingerprint density at radius 1 is 0.762 bits per heavy atom. The van der Waals surface area contributed by atoms with E-state index in [1.54, 1.807) is 54.4 Å². The molecule has 5 aromatic rings. The molecule has 0 aliphatic carbocycles. The van der Waals surface area contributed by atoms with Gasteiger partial charge in [-0.25, -0.2) is 0 Å². The number of fused-ring (bicyclic) bond motifs is 8. The maximum atomic E-state index is 14.0. The van der Waals surface area contributed by atoms with Crippen LogP contribution in [-0.4, -0.2) is 74.8 Å². The van der Waals surface area contributed by atoms with E-state index >= 15 is 0 Å². The van der Waals surface area contributed by atoms with Gasteiger partial charge in [0.15, 0.2) is 23.0 Å². The van der Waals surface area contributed by atoms with Crippen molar-refractivity contribution in [1.82, 2.24) is 5.32 Å². The van der Waals surface area contributed by atoms with E-state index in [0.29, 0.717) is 75.3 Å². The summed E-state index contributed by atoms with van der Waals surface area (Å²) in [6, 6.07) is 26.1. The Labute approximate surface area is 364 Å². The number of nitrogens with one attached hydrogen (secondary N) is 3. The van der Waals surface area contributed by atoms with E-state index < -0.39 is 23.9 Å². The minimum absolute atomic E-state index is 0.0254. The third-order valence-corrected chi connectivity index (χ3v) is 11.8. The van der Waals surface area contributed by atoms with Gasteiger partial charge in [0, 0.05) is 48.4 Å². The van der Waals surface area contributed by atoms with Crippen molar-refractivity contribution in [2.75, 3.05) is 41.2 Å². The van der Waals surface area contributed by atoms with Crippen molar-refractivity contribution in [3.63, 3.8) is 0 Å². The number of benzene rings is 5. The molecule has 0 saturated heterocycles. The minimum atomic E-state index is -0.886. The molecule has 0 radical (unpaired) electrons. The molecule has 5 aromatic carbocycles. The van der Waals surface area contributed by atoms with Gasteiger partial charge in [-0.15, -0.1) is 0 Å². The van der Waals surface area contributed by atoms with Gasteiger partial charge in [-0.2, -0.15) is 0 Å². The second kappa shape index (κ2) is 16.8. The molecule has 63 heavy (non-hydrogen) atoms. The number of carbonyl (C=O) groups excluding carboxylic acids is 4. The summed E-state index contributed by atoms with van der Waals surface area (Å²) in [4.78, 5) is 62.0. The molecular weight excluding hydrogens is 803 g/mol. The number of amides is 4. The SMILES string of the molecule is COc1cc2c(cc1OCc1cc(COc3cc4c(cc3OC)C(=O)N3c5ccccc5C[C@H]3CN4)cc(NC(=O)[C@@H](C)NC(=O)[C@H](C)N)c1)N=C[C@@H]1Cc3ccccc3N1C2=O. The molecule has 9 rings (SSSR count). The predicted octanol–water partition coefficient (Wildman–Crippen LogP) is 5.94. The van der Waals surface area contributed by atoms with Crippen molar-refractivity contribution >= 4 is 58.3 Å². The molecule has 4 atom stereocenters. The molecule has 0 aromatic heterocycles. The fourth-order valence-corrected chi connectivity index (χ4v) is 8.59. The van der Waals surface area contributed by atoms with E-state index in [4.69, 9.17) is 29.7 Å². The Balaban J connectivity index is 0.977. The number of methoxy groups -OCH3 is 2. The lowest BCUT2D eigenvalue weighted by atomic mass is 10.1. The maximum Gasteiger partial charge on any atom is 0.261 e. The normalized spacial score (nSPS) is 17.6. The smallest absolute Gasteiger partial charge is 0.261 e. The van der Waals surface area contributed by atoms with Crippen molar-refractivity contribution in [3.8, 4) is 23.0 Å². The van der Waals surface area contributed by atoms with Crippen molar-refractivity contribution in [2.45, 2.75) is 64.1 Å². The number of hydrogen-bond donors (Lipinski definition) is 4. The van der Waals surface area contributed by atoms with Gasteiger partial charge in [0.05, 0.1) is 54.8 Å². The van der Waals surface area contributed by atoms with Crippen molar-refractivity contribution in [3.05, 3.63) is 124 Å². The third-order valence-electron chi connectivity index (χ3n) is 11.8. The number of ether oxygens (including phenoxy) is 4. The highest BCUT2D eigenvalue weighted by Crippen LogP contribution is 2.43. The highest BCUT2D eigenvalue weighted by Gasteiger charge is 2.39. The molecule has 0 bridgehead atoms. The van der Waals surface area contributed by atoms with Gasteiger partial charge in [-0.05, 0) is 85.0 Å². The molecule has 4 heterocycles. The lowest BCUT2D eigenvalue weighted by Crippen LogP contribution is -2.47. The van der Waals surface area contributed by atoms with Crippen LogP contribution in [0.2, 0.25) is 0 Å². The average molecular weight is 850 g/mol. The van der Waals surface area contributed by atoms with E-state index in [2.05, 4.69) is 22.0 Å². The monoisotopic (exact) mass is 849 g/mol. The molecule has 15 heteroatoms. The molecule has 4 amide bonds. The quantitative estimate of drug-likeness (QED) is 0.117. The molecule has 0 spiro atoms. The van der Waals surface area contributed by atoms with E-state index in [9.17, 15) is 19.2 Å². The molecule has 5 N–H and O–H groups in total. The highest BCUT2D eigenvalue weighted by molar-refractivity contribution is 6.15. The van der Waals surface area contributed by atoms with Crippen molar-refractivity contribution < 1.29 is 38.1 Å². The summed E-state index contributed by atoms with van der Waals surface area (Å²) in [5.74, 6) is 0.279. The van der Waals surface area contributed by atoms with Crippen LogP contribution in [0.25, 0.3) is 0 Å². The highest BCUT2D eigenvalue weighted by atomic mass is 16.5. The molecule has 4 aliphatic rings. The zero-order valence-corrected chi connectivity index (χ0v) is 35.3. The summed E-state index contributed by atoms with van der Waals surface area (Å²) >= 11 is 0. The second-order valence-electron chi connectivity index (χ2n) is 16.1. The standard InChI is InChI=1S/C48H47N7O8/c1-26(49)45(56)52-27(2)46(57)53-32-14-28(24-62-43-20-37-35(18-41(43)60-3)47(58)54-33(22-50-37)16-30-9-5-7-11-39(30)54)13-29(15-32)25-63-44-21-38-36(19-42(44)61-4)48(59)55-34(23-51-38)17-31-10-6-8-12-40(31)55/h5-15,18-22,26-27,33-34,51H,16-17,23-25,49H2,1-4H3,(H,52,56)(H,53,57)/t26-,27+,33-,34-/m0/s1. The zero-order chi connectivity index (χ0) is 43.9. The molecular formula is C48H47N7O8. The molecule has 0 fully saturated rings. The van der Waals surface area contributed by atoms with E-state index in [0.717, 1.165) is 28.9 Å². The van der Waals surface area contributed by atoms with Crippen molar-refractivity contribution in [2.24, 2.45) is 10.7 Å². The zero-order valence-electron chi connectivity index (χ0n) is 35.3. The van der Waals surface area contributed by atoms with E-state index in [-0.39, 0.29) is 37.1 Å². The van der Waals surface area contributed by atoms with Crippen LogP contribution in [0.5, 0.6) is 23.0 Å². The van der Waals surface area contributed by atoms with Crippen LogP contribution in [0, 0.1) is 0 Å². The van der Waals surface area contributed by atoms with Crippen molar-refractivity contribution in [1.29, 1.82) is 0 Å². The second-order valence-corrected chi connectivity index (χ2v) is 16.1. The van der Waals surface area contributed by atoms with Crippen LogP contribution in [-0.2, 0) is 35.6 Å². The first-order valence-electron chi connectivity index (χ1n) is 20.8. The summed E-state index contributed by atoms with van der Waals surface area (Å²) in [5.41, 5.74) is 13.4. The molecule has 0 saturated carbocycles. The number of carbonyl (C=O) groups is 4. The lowest BCUT2D eigenvalue weighted by Gasteiger charge is -2.22. The average Bonchev–Trinajstić information content (AvgIpc) is 3.78. The number of anilines is 4. The number of nitrogens with two attached hydrogens (primary N) is 1. The van der Waals surface area contributed by atoms with Crippen LogP contribution in [0.3, 0.4) is 0 Å². The van der Waals surface area contributed by atoms with Crippen LogP contribution in [0.1, 0.15) is 56.8 Å². The summed E-state index contributed by atoms with van der Waals surface area (Å²) < 4.78 is 24.3. The fourth-order valence-electron chi connectivity index (χ4n) is 8.59. The van der Waals surface area contributed by atoms with Crippen LogP contribution in [0.4, 0.5) is 28.4 Å². The van der Waals surface area contributed by atoms with E-state index in [1.165, 1.54) is 21.1 Å². The molecule has 322 valence electrons. The summed E-state index contributed by atoms with van der Waals surface area (Å²) in [6.45, 7) is 3.73. The van der Waals surface area contributed by atoms with Gasteiger partial charge in [0.1, 0.15) is 19.3 Å². The van der Waals surface area contributed by atoms with Gasteiger partial charge in [-0.3, -0.25) is 29.1 Å². The third kappa shape index (κ3) is 7.87. The minimum Gasteiger partial charge on any atom is -0.493 e. The summed E-state index contributed by atoms with van der Waals surface area (Å²) in [7, 11) is 3.03. The fraction of sp³-hybridized carbons (Fsp3) is 0.271. The van der Waals surface area contributed by atoms with Gasteiger partial charge in [-0.1, -0.05) is 36.4 Å². The summed E-state index contributed by atoms with van der Waals surface area (Å²) in [6.07, 6.45) is 3.22. The first-order valence-corrected chi connectivity index (χ1v) is 20.8. The van der Waals surface area contributed by atoms with Gasteiger partial charge in [0.25, 0.3) is 11.8 Å². The number of aliphatic imine (C=N–C) groups is 1. The number of nitrogens with zero attached hydrogens (tertiary/aromatic N) is 3. The Morgan fingerprint density at radius 3 is 2.03 bits per heavy atom. The lowest BCUT2D eigenvalue weighted by molar-refractivity contribution is -0.126. The summed E-state index contributed by atoms with van der Waals surface area (Å²) in [5, 5.41) is 8.98. The van der Waals surface area contributed by atoms with Gasteiger partial charge >= 0.3 is 0 Å². The first kappa shape index (κ1) is 41.0. The van der Waals surface area contributed by atoms with Gasteiger partial charge in [0.2, 0.25) is 11.8 Å². The molecule has 0 unspecified atom stereocenters. The van der Waals surface area contributed by atoms with Gasteiger partial charge < -0.3 is 45.5 Å². The van der Waals surface area contributed by atoms with Crippen LogP contribution < -0.4 is 50.4 Å². The van der Waals surface area contributed by atoms with Crippen LogP contribution in [0.15, 0.2) is 96.0 Å². The predicted molar refractivity (Wildman–Crippen MR) is 239 cm³/mol. The Kier molecular flexibility index (Phi) is 10.9. The Bertz CT molecular complexity index is 2700. The number of rotatable bonds is 12. The van der Waals surface area contributed by atoms with Crippen LogP contribution >= 0.6 is 0 Å². The molecule has 15 nitrogen and oxygen atoms in total. The first-order chi connectivity index (χ1) is 30.5. The molecule has 4 aliphatic heterocycles. The van der Waals surface area contributed by atoms with E-state index in [1.807, 2.05) is 53.4 Å². The Hall–Kier alpha value is -7.39. The maximum absolute atomic E-state index is 14.0. The topological polar surface area (TPSA) is 186 Å². The number of hydrogen-bond acceptors (Lipinski definition) is 11. The Morgan fingerprint density at radius 2 is 1.37 bits per heavy atom.